The van der Waals surface area contributed by atoms with Crippen LogP contribution in [0.5, 0.6) is 5.75 Å². The molecule has 0 heterocycles. The molecule has 3 aromatic rings. The summed E-state index contributed by atoms with van der Waals surface area (Å²) < 4.78 is 31.6. The third-order valence-corrected chi connectivity index (χ3v) is 6.36. The summed E-state index contributed by atoms with van der Waals surface area (Å²) in [5.41, 5.74) is 2.21. The number of ether oxygens (including phenoxy) is 1. The predicted octanol–water partition coefficient (Wildman–Crippen LogP) is 4.34. The van der Waals surface area contributed by atoms with Crippen molar-refractivity contribution in [3.8, 4) is 5.75 Å². The van der Waals surface area contributed by atoms with Gasteiger partial charge in [-0.1, -0.05) is 60.1 Å². The second-order valence-corrected chi connectivity index (χ2v) is 9.69. The molecule has 0 atom stereocenters. The third kappa shape index (κ3) is 6.48. The number of sulfonamides is 1. The molecule has 3 aromatic carbocycles. The second kappa shape index (κ2) is 10.5. The Morgan fingerprint density at radius 3 is 2.16 bits per heavy atom. The summed E-state index contributed by atoms with van der Waals surface area (Å²) in [5, 5.41) is 0.499. The molecule has 0 saturated heterocycles. The molecule has 1 amide bonds. The zero-order valence-corrected chi connectivity index (χ0v) is 19.5. The van der Waals surface area contributed by atoms with Crippen LogP contribution < -0.4 is 9.04 Å². The van der Waals surface area contributed by atoms with Crippen LogP contribution in [0.1, 0.15) is 11.1 Å². The molecule has 0 unspecified atom stereocenters. The Bertz CT molecular complexity index is 1150. The molecule has 0 saturated carbocycles. The van der Waals surface area contributed by atoms with Crippen LogP contribution in [0.25, 0.3) is 0 Å². The van der Waals surface area contributed by atoms with E-state index in [2.05, 4.69) is 0 Å². The number of hydrogen-bond acceptors (Lipinski definition) is 4. The molecule has 0 bridgehead atoms. The minimum atomic E-state index is -3.54. The van der Waals surface area contributed by atoms with Gasteiger partial charge in [0.2, 0.25) is 10.0 Å². The number of likely N-dealkylation sites (N-methyl/N-ethyl adjacent to an activating group) is 1. The van der Waals surface area contributed by atoms with Crippen LogP contribution in [0.3, 0.4) is 0 Å². The number of hydrogen-bond donors (Lipinski definition) is 0. The molecular formula is C24H25ClN2O4S. The van der Waals surface area contributed by atoms with Gasteiger partial charge in [-0.3, -0.25) is 9.10 Å². The van der Waals surface area contributed by atoms with Crippen LogP contribution in [-0.4, -0.2) is 39.1 Å². The number of halogens is 1. The molecule has 0 fully saturated rings. The van der Waals surface area contributed by atoms with E-state index in [1.807, 2.05) is 36.4 Å². The first kappa shape index (κ1) is 23.6. The lowest BCUT2D eigenvalue weighted by molar-refractivity contribution is -0.132. The van der Waals surface area contributed by atoms with Crippen molar-refractivity contribution < 1.29 is 17.9 Å². The Morgan fingerprint density at radius 2 is 1.53 bits per heavy atom. The van der Waals surface area contributed by atoms with Crippen LogP contribution >= 0.6 is 11.6 Å². The van der Waals surface area contributed by atoms with Gasteiger partial charge in [0.1, 0.15) is 5.75 Å². The molecule has 3 rings (SSSR count). The van der Waals surface area contributed by atoms with E-state index in [0.717, 1.165) is 11.8 Å². The van der Waals surface area contributed by atoms with Crippen molar-refractivity contribution in [1.82, 2.24) is 4.90 Å². The highest BCUT2D eigenvalue weighted by Gasteiger charge is 2.19. The van der Waals surface area contributed by atoms with Gasteiger partial charge < -0.3 is 9.64 Å². The van der Waals surface area contributed by atoms with E-state index in [1.165, 1.54) is 4.31 Å². The number of carbonyl (C=O) groups is 1. The topological polar surface area (TPSA) is 66.9 Å². The third-order valence-electron chi connectivity index (χ3n) is 4.85. The fourth-order valence-electron chi connectivity index (χ4n) is 3.09. The summed E-state index contributed by atoms with van der Waals surface area (Å²) in [7, 11) is -1.82. The smallest absolute Gasteiger partial charge is 0.260 e. The minimum absolute atomic E-state index is 0.113. The molecule has 0 radical (unpaired) electrons. The van der Waals surface area contributed by atoms with E-state index < -0.39 is 10.0 Å². The molecule has 0 aliphatic heterocycles. The van der Waals surface area contributed by atoms with Crippen molar-refractivity contribution in [1.29, 1.82) is 0 Å². The molecular weight excluding hydrogens is 448 g/mol. The molecule has 0 spiro atoms. The SMILES string of the molecule is CN(Cc1ccccc1)C(=O)COc1ccc(N(Cc2ccccc2Cl)S(C)(=O)=O)cc1. The van der Waals surface area contributed by atoms with Crippen molar-refractivity contribution in [2.45, 2.75) is 13.1 Å². The number of benzene rings is 3. The van der Waals surface area contributed by atoms with Gasteiger partial charge >= 0.3 is 0 Å². The monoisotopic (exact) mass is 472 g/mol. The van der Waals surface area contributed by atoms with Crippen molar-refractivity contribution in [2.75, 3.05) is 24.2 Å². The molecule has 168 valence electrons. The van der Waals surface area contributed by atoms with E-state index in [0.29, 0.717) is 28.6 Å². The zero-order chi connectivity index (χ0) is 23.1. The maximum Gasteiger partial charge on any atom is 0.260 e. The fourth-order valence-corrected chi connectivity index (χ4v) is 4.16. The molecule has 8 heteroatoms. The van der Waals surface area contributed by atoms with Crippen LogP contribution in [0.4, 0.5) is 5.69 Å². The Hall–Kier alpha value is -3.03. The van der Waals surface area contributed by atoms with Gasteiger partial charge in [0, 0.05) is 18.6 Å². The predicted molar refractivity (Wildman–Crippen MR) is 127 cm³/mol. The molecule has 0 aliphatic rings. The van der Waals surface area contributed by atoms with E-state index in [-0.39, 0.29) is 19.1 Å². The zero-order valence-electron chi connectivity index (χ0n) is 17.9. The fraction of sp³-hybridized carbons (Fsp3) is 0.208. The van der Waals surface area contributed by atoms with E-state index in [9.17, 15) is 13.2 Å². The van der Waals surface area contributed by atoms with Crippen molar-refractivity contribution in [2.24, 2.45) is 0 Å². The first-order valence-electron chi connectivity index (χ1n) is 9.96. The molecule has 0 aromatic heterocycles. The highest BCUT2D eigenvalue weighted by Crippen LogP contribution is 2.26. The lowest BCUT2D eigenvalue weighted by Gasteiger charge is -2.23. The second-order valence-electron chi connectivity index (χ2n) is 7.38. The van der Waals surface area contributed by atoms with Gasteiger partial charge in [-0.05, 0) is 41.5 Å². The number of carbonyl (C=O) groups excluding carboxylic acids is 1. The van der Waals surface area contributed by atoms with Gasteiger partial charge in [-0.15, -0.1) is 0 Å². The molecule has 6 nitrogen and oxygen atoms in total. The lowest BCUT2D eigenvalue weighted by atomic mass is 10.2. The van der Waals surface area contributed by atoms with E-state index >= 15 is 0 Å². The average Bonchev–Trinajstić information content (AvgIpc) is 2.77. The molecule has 32 heavy (non-hydrogen) atoms. The van der Waals surface area contributed by atoms with Gasteiger partial charge in [0.25, 0.3) is 5.91 Å². The van der Waals surface area contributed by atoms with Gasteiger partial charge in [0.05, 0.1) is 18.5 Å². The summed E-state index contributed by atoms with van der Waals surface area (Å²) >= 11 is 6.20. The van der Waals surface area contributed by atoms with Crippen LogP contribution in [-0.2, 0) is 27.9 Å². The summed E-state index contributed by atoms with van der Waals surface area (Å²) in [5.74, 6) is 0.316. The maximum atomic E-state index is 12.4. The largest absolute Gasteiger partial charge is 0.484 e. The lowest BCUT2D eigenvalue weighted by Crippen LogP contribution is -2.31. The Morgan fingerprint density at radius 1 is 0.906 bits per heavy atom. The standard InChI is InChI=1S/C24H25ClN2O4S/c1-26(16-19-8-4-3-5-9-19)24(28)18-31-22-14-12-21(13-15-22)27(32(2,29)30)17-20-10-6-7-11-23(20)25/h3-15H,16-18H2,1-2H3. The Balaban J connectivity index is 1.63. The van der Waals surface area contributed by atoms with Crippen molar-refractivity contribution in [3.05, 3.63) is 95.0 Å². The minimum Gasteiger partial charge on any atom is -0.484 e. The van der Waals surface area contributed by atoms with Gasteiger partial charge in [-0.2, -0.15) is 0 Å². The van der Waals surface area contributed by atoms with Gasteiger partial charge in [0.15, 0.2) is 6.61 Å². The number of nitrogens with zero attached hydrogens (tertiary/aromatic N) is 2. The van der Waals surface area contributed by atoms with Crippen LogP contribution in [0.15, 0.2) is 78.9 Å². The normalized spacial score (nSPS) is 11.1. The first-order chi connectivity index (χ1) is 15.2. The van der Waals surface area contributed by atoms with Gasteiger partial charge in [-0.25, -0.2) is 8.42 Å². The average molecular weight is 473 g/mol. The Kier molecular flexibility index (Phi) is 7.77. The van der Waals surface area contributed by atoms with Crippen LogP contribution in [0.2, 0.25) is 5.02 Å². The van der Waals surface area contributed by atoms with Crippen LogP contribution in [0, 0.1) is 0 Å². The Labute approximate surface area is 194 Å². The number of rotatable bonds is 9. The van der Waals surface area contributed by atoms with E-state index in [1.54, 1.807) is 54.4 Å². The summed E-state index contributed by atoms with van der Waals surface area (Å²) in [6.45, 7) is 0.493. The highest BCUT2D eigenvalue weighted by atomic mass is 35.5. The van der Waals surface area contributed by atoms with Crippen molar-refractivity contribution in [3.63, 3.8) is 0 Å². The van der Waals surface area contributed by atoms with E-state index in [4.69, 9.17) is 16.3 Å². The highest BCUT2D eigenvalue weighted by molar-refractivity contribution is 7.92. The summed E-state index contributed by atoms with van der Waals surface area (Å²) in [6.07, 6.45) is 1.15. The number of anilines is 1. The summed E-state index contributed by atoms with van der Waals surface area (Å²) in [6, 6.07) is 23.4. The summed E-state index contributed by atoms with van der Waals surface area (Å²) in [4.78, 5) is 14.0. The molecule has 0 N–H and O–H groups in total. The number of amides is 1. The van der Waals surface area contributed by atoms with Crippen molar-refractivity contribution >= 4 is 33.2 Å². The first-order valence-corrected chi connectivity index (χ1v) is 12.2. The molecule has 0 aliphatic carbocycles. The maximum absolute atomic E-state index is 12.4. The quantitative estimate of drug-likeness (QED) is 0.464.